The molecule has 0 atom stereocenters. The summed E-state index contributed by atoms with van der Waals surface area (Å²) in [6, 6.07) is 4.47. The highest BCUT2D eigenvalue weighted by molar-refractivity contribution is 6.33. The van der Waals surface area contributed by atoms with Crippen molar-refractivity contribution in [2.24, 2.45) is 5.41 Å². The van der Waals surface area contributed by atoms with Gasteiger partial charge in [-0.3, -0.25) is 4.79 Å². The number of halogens is 1. The fraction of sp³-hybridized carbons (Fsp3) is 0.429. The van der Waals surface area contributed by atoms with E-state index in [9.17, 15) is 9.59 Å². The van der Waals surface area contributed by atoms with Gasteiger partial charge in [-0.15, -0.1) is 0 Å². The summed E-state index contributed by atoms with van der Waals surface area (Å²) in [5, 5.41) is 15.2. The molecule has 1 heterocycles. The van der Waals surface area contributed by atoms with Crippen LogP contribution in [0.25, 0.3) is 0 Å². The number of anilines is 1. The topological polar surface area (TPSA) is 78.4 Å². The number of rotatable bonds is 3. The van der Waals surface area contributed by atoms with E-state index in [-0.39, 0.29) is 16.5 Å². The van der Waals surface area contributed by atoms with E-state index in [1.165, 1.54) is 12.1 Å². The molecule has 0 radical (unpaired) electrons. The third-order valence-electron chi connectivity index (χ3n) is 3.71. The van der Waals surface area contributed by atoms with Crippen LogP contribution in [0.4, 0.5) is 5.69 Å². The zero-order valence-electron chi connectivity index (χ0n) is 11.2. The smallest absolute Gasteiger partial charge is 0.337 e. The standard InChI is InChI=1S/C14H17ClN2O3/c1-14(4-6-16-7-5-14)13(20)17-9-2-3-11(15)10(8-9)12(18)19/h2-3,8,16H,4-7H2,1H3,(H,17,20)(H,18,19). The monoisotopic (exact) mass is 296 g/mol. The third kappa shape index (κ3) is 3.11. The Hall–Kier alpha value is -1.59. The molecule has 1 aliphatic rings. The molecule has 1 aliphatic heterocycles. The largest absolute Gasteiger partial charge is 0.478 e. The van der Waals surface area contributed by atoms with E-state index in [1.807, 2.05) is 6.92 Å². The van der Waals surface area contributed by atoms with Crippen LogP contribution in [-0.4, -0.2) is 30.1 Å². The highest BCUT2D eigenvalue weighted by atomic mass is 35.5. The van der Waals surface area contributed by atoms with E-state index < -0.39 is 11.4 Å². The molecule has 0 unspecified atom stereocenters. The first-order chi connectivity index (χ1) is 9.42. The van der Waals surface area contributed by atoms with E-state index >= 15 is 0 Å². The number of amides is 1. The maximum Gasteiger partial charge on any atom is 0.337 e. The average Bonchev–Trinajstić information content (AvgIpc) is 2.41. The number of nitrogens with one attached hydrogen (secondary N) is 2. The summed E-state index contributed by atoms with van der Waals surface area (Å²) in [6.45, 7) is 3.55. The van der Waals surface area contributed by atoms with E-state index in [0.29, 0.717) is 5.69 Å². The molecule has 2 rings (SSSR count). The van der Waals surface area contributed by atoms with Crippen LogP contribution >= 0.6 is 11.6 Å². The van der Waals surface area contributed by atoms with Crippen LogP contribution in [0.5, 0.6) is 0 Å². The summed E-state index contributed by atoms with van der Waals surface area (Å²) < 4.78 is 0. The molecule has 3 N–H and O–H groups in total. The molecular formula is C14H17ClN2O3. The van der Waals surface area contributed by atoms with Gasteiger partial charge in [0.05, 0.1) is 10.6 Å². The van der Waals surface area contributed by atoms with Crippen molar-refractivity contribution in [2.45, 2.75) is 19.8 Å². The summed E-state index contributed by atoms with van der Waals surface area (Å²) in [7, 11) is 0. The Morgan fingerprint density at radius 1 is 1.35 bits per heavy atom. The molecule has 5 nitrogen and oxygen atoms in total. The maximum atomic E-state index is 12.3. The number of carbonyl (C=O) groups excluding carboxylic acids is 1. The van der Waals surface area contributed by atoms with Crippen LogP contribution in [0.2, 0.25) is 5.02 Å². The van der Waals surface area contributed by atoms with Gasteiger partial charge in [0.25, 0.3) is 0 Å². The number of carboxylic acid groups (broad SMARTS) is 1. The first-order valence-electron chi connectivity index (χ1n) is 6.47. The van der Waals surface area contributed by atoms with Crippen LogP contribution in [0.3, 0.4) is 0 Å². The second-order valence-corrected chi connectivity index (χ2v) is 5.67. The summed E-state index contributed by atoms with van der Waals surface area (Å²) in [5.41, 5.74) is 0.0188. The van der Waals surface area contributed by atoms with Gasteiger partial charge in [-0.1, -0.05) is 18.5 Å². The summed E-state index contributed by atoms with van der Waals surface area (Å²) in [5.74, 6) is -1.20. The quantitative estimate of drug-likeness (QED) is 0.800. The molecule has 1 fully saturated rings. The van der Waals surface area contributed by atoms with Crippen LogP contribution < -0.4 is 10.6 Å². The Morgan fingerprint density at radius 3 is 2.60 bits per heavy atom. The van der Waals surface area contributed by atoms with Crippen molar-refractivity contribution >= 4 is 29.2 Å². The lowest BCUT2D eigenvalue weighted by molar-refractivity contribution is -0.126. The molecule has 0 saturated carbocycles. The normalized spacial score (nSPS) is 17.5. The molecule has 108 valence electrons. The maximum absolute atomic E-state index is 12.3. The second-order valence-electron chi connectivity index (χ2n) is 5.26. The highest BCUT2D eigenvalue weighted by Gasteiger charge is 2.34. The number of aromatic carboxylic acids is 1. The lowest BCUT2D eigenvalue weighted by Crippen LogP contribution is -2.42. The lowest BCUT2D eigenvalue weighted by Gasteiger charge is -2.32. The number of piperidine rings is 1. The Morgan fingerprint density at radius 2 is 2.00 bits per heavy atom. The van der Waals surface area contributed by atoms with Crippen molar-refractivity contribution in [1.82, 2.24) is 5.32 Å². The van der Waals surface area contributed by atoms with Crippen molar-refractivity contribution in [3.8, 4) is 0 Å². The molecule has 0 spiro atoms. The van der Waals surface area contributed by atoms with Gasteiger partial charge < -0.3 is 15.7 Å². The fourth-order valence-electron chi connectivity index (χ4n) is 2.25. The van der Waals surface area contributed by atoms with Gasteiger partial charge >= 0.3 is 5.97 Å². The minimum atomic E-state index is -1.11. The zero-order valence-corrected chi connectivity index (χ0v) is 12.0. The molecule has 0 bridgehead atoms. The Balaban J connectivity index is 2.15. The van der Waals surface area contributed by atoms with E-state index in [1.54, 1.807) is 6.07 Å². The summed E-state index contributed by atoms with van der Waals surface area (Å²) >= 11 is 5.80. The minimum absolute atomic E-state index is 0.0140. The molecule has 1 amide bonds. The Bertz CT molecular complexity index is 539. The Kier molecular flexibility index (Phi) is 4.30. The van der Waals surface area contributed by atoms with Crippen molar-refractivity contribution < 1.29 is 14.7 Å². The van der Waals surface area contributed by atoms with Gasteiger partial charge in [0.1, 0.15) is 0 Å². The van der Waals surface area contributed by atoms with Crippen LogP contribution in [0.1, 0.15) is 30.1 Å². The van der Waals surface area contributed by atoms with Crippen LogP contribution in [-0.2, 0) is 4.79 Å². The molecule has 1 saturated heterocycles. The number of hydrogen-bond acceptors (Lipinski definition) is 3. The number of benzene rings is 1. The lowest BCUT2D eigenvalue weighted by atomic mass is 9.80. The van der Waals surface area contributed by atoms with Gasteiger partial charge in [0.15, 0.2) is 0 Å². The van der Waals surface area contributed by atoms with Crippen LogP contribution in [0, 0.1) is 5.41 Å². The number of carboxylic acids is 1. The molecule has 6 heteroatoms. The van der Waals surface area contributed by atoms with Gasteiger partial charge in [-0.25, -0.2) is 4.79 Å². The number of hydrogen-bond donors (Lipinski definition) is 3. The van der Waals surface area contributed by atoms with E-state index in [4.69, 9.17) is 16.7 Å². The first-order valence-corrected chi connectivity index (χ1v) is 6.85. The van der Waals surface area contributed by atoms with Crippen molar-refractivity contribution in [1.29, 1.82) is 0 Å². The van der Waals surface area contributed by atoms with Crippen molar-refractivity contribution in [3.63, 3.8) is 0 Å². The SMILES string of the molecule is CC1(C(=O)Nc2ccc(Cl)c(C(=O)O)c2)CCNCC1. The number of carbonyl (C=O) groups is 2. The second kappa shape index (κ2) is 5.81. The summed E-state index contributed by atoms with van der Waals surface area (Å²) in [6.07, 6.45) is 1.52. The minimum Gasteiger partial charge on any atom is -0.478 e. The highest BCUT2D eigenvalue weighted by Crippen LogP contribution is 2.30. The van der Waals surface area contributed by atoms with E-state index in [2.05, 4.69) is 10.6 Å². The molecule has 20 heavy (non-hydrogen) atoms. The molecule has 1 aromatic rings. The van der Waals surface area contributed by atoms with Crippen molar-refractivity contribution in [3.05, 3.63) is 28.8 Å². The molecule has 1 aromatic carbocycles. The van der Waals surface area contributed by atoms with Gasteiger partial charge in [0, 0.05) is 11.1 Å². The van der Waals surface area contributed by atoms with Gasteiger partial charge in [-0.05, 0) is 44.1 Å². The average molecular weight is 297 g/mol. The van der Waals surface area contributed by atoms with Crippen LogP contribution in [0.15, 0.2) is 18.2 Å². The predicted molar refractivity (Wildman–Crippen MR) is 77.3 cm³/mol. The van der Waals surface area contributed by atoms with Gasteiger partial charge in [-0.2, -0.15) is 0 Å². The fourth-order valence-corrected chi connectivity index (χ4v) is 2.45. The Labute approximate surface area is 122 Å². The third-order valence-corrected chi connectivity index (χ3v) is 4.04. The van der Waals surface area contributed by atoms with Gasteiger partial charge in [0.2, 0.25) is 5.91 Å². The summed E-state index contributed by atoms with van der Waals surface area (Å²) in [4.78, 5) is 23.4. The zero-order chi connectivity index (χ0) is 14.8. The van der Waals surface area contributed by atoms with Crippen molar-refractivity contribution in [2.75, 3.05) is 18.4 Å². The predicted octanol–water partition coefficient (Wildman–Crippen LogP) is 2.37. The molecule has 0 aromatic heterocycles. The van der Waals surface area contributed by atoms with E-state index in [0.717, 1.165) is 25.9 Å². The molecule has 0 aliphatic carbocycles. The first kappa shape index (κ1) is 14.8. The molecular weight excluding hydrogens is 280 g/mol.